The van der Waals surface area contributed by atoms with Crippen molar-refractivity contribution in [1.29, 1.82) is 0 Å². The van der Waals surface area contributed by atoms with Gasteiger partial charge in [-0.25, -0.2) is 9.97 Å². The SMILES string of the molecule is CC(C)c1ccccc1Nc1ncc(C(=O)NC2CC2)cn1. The highest BCUT2D eigenvalue weighted by Crippen LogP contribution is 2.25. The summed E-state index contributed by atoms with van der Waals surface area (Å²) in [7, 11) is 0. The van der Waals surface area contributed by atoms with Crippen molar-refractivity contribution < 1.29 is 4.79 Å². The third-order valence-corrected chi connectivity index (χ3v) is 3.66. The predicted molar refractivity (Wildman–Crippen MR) is 86.3 cm³/mol. The first kappa shape index (κ1) is 14.5. The number of rotatable bonds is 5. The zero-order valence-electron chi connectivity index (χ0n) is 12.8. The van der Waals surface area contributed by atoms with Crippen LogP contribution >= 0.6 is 0 Å². The Hall–Kier alpha value is -2.43. The molecule has 1 aliphatic carbocycles. The number of anilines is 2. The minimum atomic E-state index is -0.100. The number of carbonyl (C=O) groups is 1. The van der Waals surface area contributed by atoms with Gasteiger partial charge in [0.05, 0.1) is 5.56 Å². The van der Waals surface area contributed by atoms with E-state index in [0.717, 1.165) is 18.5 Å². The minimum absolute atomic E-state index is 0.100. The summed E-state index contributed by atoms with van der Waals surface area (Å²) in [6.45, 7) is 4.29. The zero-order valence-corrected chi connectivity index (χ0v) is 12.8. The molecule has 5 nitrogen and oxygen atoms in total. The van der Waals surface area contributed by atoms with Crippen LogP contribution in [0.2, 0.25) is 0 Å². The Morgan fingerprint density at radius 2 is 1.86 bits per heavy atom. The number of amides is 1. The maximum absolute atomic E-state index is 11.9. The number of para-hydroxylation sites is 1. The summed E-state index contributed by atoms with van der Waals surface area (Å²) in [6.07, 6.45) is 5.26. The summed E-state index contributed by atoms with van der Waals surface area (Å²) >= 11 is 0. The van der Waals surface area contributed by atoms with E-state index >= 15 is 0 Å². The van der Waals surface area contributed by atoms with Crippen molar-refractivity contribution >= 4 is 17.5 Å². The highest BCUT2D eigenvalue weighted by atomic mass is 16.1. The van der Waals surface area contributed by atoms with Gasteiger partial charge in [-0.1, -0.05) is 32.0 Å². The fraction of sp³-hybridized carbons (Fsp3) is 0.353. The number of nitrogens with one attached hydrogen (secondary N) is 2. The second-order valence-electron chi connectivity index (χ2n) is 5.91. The van der Waals surface area contributed by atoms with E-state index in [2.05, 4.69) is 40.5 Å². The third-order valence-electron chi connectivity index (χ3n) is 3.66. The molecule has 1 fully saturated rings. The Bertz CT molecular complexity index is 663. The fourth-order valence-corrected chi connectivity index (χ4v) is 2.24. The van der Waals surface area contributed by atoms with Gasteiger partial charge in [0.25, 0.3) is 5.91 Å². The Balaban J connectivity index is 1.72. The maximum atomic E-state index is 11.9. The smallest absolute Gasteiger partial charge is 0.254 e. The lowest BCUT2D eigenvalue weighted by Crippen LogP contribution is -2.25. The lowest BCUT2D eigenvalue weighted by atomic mass is 10.0. The Morgan fingerprint density at radius 3 is 2.50 bits per heavy atom. The van der Waals surface area contributed by atoms with E-state index in [1.165, 1.54) is 5.56 Å². The van der Waals surface area contributed by atoms with Gasteiger partial charge in [0, 0.05) is 24.1 Å². The van der Waals surface area contributed by atoms with Gasteiger partial charge in [-0.15, -0.1) is 0 Å². The van der Waals surface area contributed by atoms with E-state index in [1.807, 2.05) is 18.2 Å². The van der Waals surface area contributed by atoms with E-state index < -0.39 is 0 Å². The number of hydrogen-bond acceptors (Lipinski definition) is 4. The van der Waals surface area contributed by atoms with E-state index in [4.69, 9.17) is 0 Å². The molecule has 0 bridgehead atoms. The van der Waals surface area contributed by atoms with Crippen molar-refractivity contribution in [2.45, 2.75) is 38.6 Å². The van der Waals surface area contributed by atoms with Gasteiger partial charge in [0.2, 0.25) is 5.95 Å². The molecular weight excluding hydrogens is 276 g/mol. The van der Waals surface area contributed by atoms with Gasteiger partial charge >= 0.3 is 0 Å². The molecule has 114 valence electrons. The summed E-state index contributed by atoms with van der Waals surface area (Å²) in [5, 5.41) is 6.14. The van der Waals surface area contributed by atoms with Crippen LogP contribution in [0.4, 0.5) is 11.6 Å². The molecule has 0 unspecified atom stereocenters. The first-order valence-electron chi connectivity index (χ1n) is 7.62. The molecule has 1 aromatic carbocycles. The van der Waals surface area contributed by atoms with Crippen molar-refractivity contribution in [3.8, 4) is 0 Å². The van der Waals surface area contributed by atoms with Gasteiger partial charge in [-0.05, 0) is 30.4 Å². The molecule has 0 atom stereocenters. The number of nitrogens with zero attached hydrogens (tertiary/aromatic N) is 2. The molecule has 3 rings (SSSR count). The summed E-state index contributed by atoms with van der Waals surface area (Å²) < 4.78 is 0. The molecule has 0 spiro atoms. The predicted octanol–water partition coefficient (Wildman–Crippen LogP) is 3.24. The molecule has 2 aromatic rings. The van der Waals surface area contributed by atoms with Crippen LogP contribution in [0.1, 0.15) is 48.5 Å². The van der Waals surface area contributed by atoms with Gasteiger partial charge in [-0.3, -0.25) is 4.79 Å². The number of hydrogen-bond donors (Lipinski definition) is 2. The molecule has 0 saturated heterocycles. The Labute approximate surface area is 130 Å². The number of carbonyl (C=O) groups excluding carboxylic acids is 1. The molecule has 1 aromatic heterocycles. The molecule has 1 saturated carbocycles. The molecule has 0 radical (unpaired) electrons. The van der Waals surface area contributed by atoms with Crippen molar-refractivity contribution in [3.63, 3.8) is 0 Å². The molecule has 22 heavy (non-hydrogen) atoms. The van der Waals surface area contributed by atoms with Gasteiger partial charge in [-0.2, -0.15) is 0 Å². The van der Waals surface area contributed by atoms with Crippen molar-refractivity contribution in [1.82, 2.24) is 15.3 Å². The topological polar surface area (TPSA) is 66.9 Å². The van der Waals surface area contributed by atoms with Crippen LogP contribution in [0.5, 0.6) is 0 Å². The van der Waals surface area contributed by atoms with Crippen LogP contribution in [0.3, 0.4) is 0 Å². The molecule has 1 amide bonds. The summed E-state index contributed by atoms with van der Waals surface area (Å²) in [5.74, 6) is 0.806. The van der Waals surface area contributed by atoms with Crippen LogP contribution < -0.4 is 10.6 Å². The minimum Gasteiger partial charge on any atom is -0.349 e. The molecule has 0 aliphatic heterocycles. The standard InChI is InChI=1S/C17H20N4O/c1-11(2)14-5-3-4-6-15(14)21-17-18-9-12(10-19-17)16(22)20-13-7-8-13/h3-6,9-11,13H,7-8H2,1-2H3,(H,20,22)(H,18,19,21). The summed E-state index contributed by atoms with van der Waals surface area (Å²) in [5.41, 5.74) is 2.70. The largest absolute Gasteiger partial charge is 0.349 e. The highest BCUT2D eigenvalue weighted by Gasteiger charge is 2.24. The van der Waals surface area contributed by atoms with Crippen LogP contribution in [-0.2, 0) is 0 Å². The van der Waals surface area contributed by atoms with Crippen LogP contribution in [0, 0.1) is 0 Å². The van der Waals surface area contributed by atoms with Crippen molar-refractivity contribution in [3.05, 3.63) is 47.8 Å². The second-order valence-corrected chi connectivity index (χ2v) is 5.91. The monoisotopic (exact) mass is 296 g/mol. The molecular formula is C17H20N4O. The summed E-state index contributed by atoms with van der Waals surface area (Å²) in [6, 6.07) is 8.43. The van der Waals surface area contributed by atoms with Crippen molar-refractivity contribution in [2.24, 2.45) is 0 Å². The van der Waals surface area contributed by atoms with Crippen LogP contribution in [-0.4, -0.2) is 21.9 Å². The molecule has 5 heteroatoms. The van der Waals surface area contributed by atoms with Gasteiger partial charge in [0.1, 0.15) is 0 Å². The third kappa shape index (κ3) is 3.42. The number of aromatic nitrogens is 2. The second kappa shape index (κ2) is 6.13. The Kier molecular flexibility index (Phi) is 4.04. The van der Waals surface area contributed by atoms with Crippen LogP contribution in [0.25, 0.3) is 0 Å². The normalized spacial score (nSPS) is 14.0. The van der Waals surface area contributed by atoms with Crippen molar-refractivity contribution in [2.75, 3.05) is 5.32 Å². The fourth-order valence-electron chi connectivity index (χ4n) is 2.24. The quantitative estimate of drug-likeness (QED) is 0.889. The molecule has 2 N–H and O–H groups in total. The van der Waals surface area contributed by atoms with E-state index in [-0.39, 0.29) is 5.91 Å². The number of benzene rings is 1. The molecule has 1 aliphatic rings. The zero-order chi connectivity index (χ0) is 15.5. The maximum Gasteiger partial charge on any atom is 0.254 e. The van der Waals surface area contributed by atoms with E-state index in [0.29, 0.717) is 23.5 Å². The average molecular weight is 296 g/mol. The average Bonchev–Trinajstić information content (AvgIpc) is 3.32. The van der Waals surface area contributed by atoms with E-state index in [1.54, 1.807) is 12.4 Å². The molecule has 1 heterocycles. The highest BCUT2D eigenvalue weighted by molar-refractivity contribution is 5.94. The lowest BCUT2D eigenvalue weighted by Gasteiger charge is -2.13. The first-order chi connectivity index (χ1) is 10.6. The lowest BCUT2D eigenvalue weighted by molar-refractivity contribution is 0.0950. The van der Waals surface area contributed by atoms with Crippen LogP contribution in [0.15, 0.2) is 36.7 Å². The Morgan fingerprint density at radius 1 is 1.18 bits per heavy atom. The first-order valence-corrected chi connectivity index (χ1v) is 7.62. The van der Waals surface area contributed by atoms with E-state index in [9.17, 15) is 4.79 Å². The van der Waals surface area contributed by atoms with Gasteiger partial charge in [0.15, 0.2) is 0 Å². The van der Waals surface area contributed by atoms with Gasteiger partial charge < -0.3 is 10.6 Å². The summed E-state index contributed by atoms with van der Waals surface area (Å²) in [4.78, 5) is 20.4.